The van der Waals surface area contributed by atoms with Gasteiger partial charge in [-0.15, -0.1) is 0 Å². The van der Waals surface area contributed by atoms with Gasteiger partial charge in [0.25, 0.3) is 0 Å². The lowest BCUT2D eigenvalue weighted by molar-refractivity contribution is -0.106. The lowest BCUT2D eigenvalue weighted by Gasteiger charge is -1.90. The predicted molar refractivity (Wildman–Crippen MR) is 88.0 cm³/mol. The second-order valence-corrected chi connectivity index (χ2v) is 4.19. The minimum Gasteiger partial charge on any atom is -0.400 e. The van der Waals surface area contributed by atoms with E-state index in [1.54, 1.807) is 0 Å². The van der Waals surface area contributed by atoms with Gasteiger partial charge in [0.05, 0.1) is 0 Å². The quantitative estimate of drug-likeness (QED) is 0.793. The Labute approximate surface area is 125 Å². The van der Waals surface area contributed by atoms with E-state index < -0.39 is 0 Å². The van der Waals surface area contributed by atoms with E-state index in [9.17, 15) is 0 Å². The highest BCUT2D eigenvalue weighted by atomic mass is 16.2. The summed E-state index contributed by atoms with van der Waals surface area (Å²) >= 11 is 0. The molecule has 118 valence electrons. The van der Waals surface area contributed by atoms with Crippen LogP contribution >= 0.6 is 0 Å². The van der Waals surface area contributed by atoms with Gasteiger partial charge in [0, 0.05) is 7.11 Å². The Morgan fingerprint density at radius 3 is 1.30 bits per heavy atom. The normalized spacial score (nSPS) is 7.25. The van der Waals surface area contributed by atoms with Crippen molar-refractivity contribution >= 4 is 13.1 Å². The minimum absolute atomic E-state index is 0.750. The van der Waals surface area contributed by atoms with Gasteiger partial charge in [-0.25, -0.2) is 0 Å². The van der Waals surface area contributed by atoms with E-state index in [-0.39, 0.29) is 0 Å². The molecule has 0 radical (unpaired) electrons. The van der Waals surface area contributed by atoms with Gasteiger partial charge in [0.15, 0.2) is 0 Å². The van der Waals surface area contributed by atoms with Crippen LogP contribution in [0.2, 0.25) is 0 Å². The molecule has 3 nitrogen and oxygen atoms in total. The SMILES string of the molecule is C=O.CC=O.CCC(C)C.CO.Cc1ccc(C)cc1. The van der Waals surface area contributed by atoms with Crippen LogP contribution in [0.1, 0.15) is 45.2 Å². The van der Waals surface area contributed by atoms with Crippen LogP contribution in [-0.4, -0.2) is 25.3 Å². The number of aryl methyl sites for hydroxylation is 2. The first kappa shape index (κ1) is 27.0. The van der Waals surface area contributed by atoms with Crippen molar-refractivity contribution in [3.63, 3.8) is 0 Å². The molecule has 0 amide bonds. The molecule has 1 aromatic carbocycles. The highest BCUT2D eigenvalue weighted by Gasteiger charge is 1.80. The topological polar surface area (TPSA) is 54.4 Å². The second-order valence-electron chi connectivity index (χ2n) is 4.19. The van der Waals surface area contributed by atoms with Crippen molar-refractivity contribution in [2.75, 3.05) is 7.11 Å². The molecule has 0 unspecified atom stereocenters. The van der Waals surface area contributed by atoms with E-state index in [0.717, 1.165) is 19.3 Å². The summed E-state index contributed by atoms with van der Waals surface area (Å²) in [7, 11) is 1.00. The molecule has 0 aliphatic carbocycles. The van der Waals surface area contributed by atoms with Crippen molar-refractivity contribution in [3.8, 4) is 0 Å². The summed E-state index contributed by atoms with van der Waals surface area (Å²) in [5.74, 6) is 0.884. The molecular formula is C17H32O3. The number of benzene rings is 1. The van der Waals surface area contributed by atoms with Crippen LogP contribution in [-0.2, 0) is 9.59 Å². The number of aldehydes is 1. The molecule has 0 aliphatic heterocycles. The fraction of sp³-hybridized carbons (Fsp3) is 0.529. The molecule has 1 rings (SSSR count). The average molecular weight is 284 g/mol. The lowest BCUT2D eigenvalue weighted by Crippen LogP contribution is -1.77. The van der Waals surface area contributed by atoms with Gasteiger partial charge in [-0.2, -0.15) is 0 Å². The first-order chi connectivity index (χ1) is 9.47. The van der Waals surface area contributed by atoms with Crippen LogP contribution in [0, 0.1) is 19.8 Å². The molecule has 1 N–H and O–H groups in total. The molecule has 0 fully saturated rings. The molecule has 20 heavy (non-hydrogen) atoms. The van der Waals surface area contributed by atoms with Crippen molar-refractivity contribution in [1.29, 1.82) is 0 Å². The van der Waals surface area contributed by atoms with E-state index in [0.29, 0.717) is 0 Å². The number of aliphatic hydroxyl groups is 1. The van der Waals surface area contributed by atoms with Gasteiger partial charge >= 0.3 is 0 Å². The molecule has 0 heterocycles. The maximum Gasteiger partial charge on any atom is 0.116 e. The predicted octanol–water partition coefficient (Wildman–Crippen LogP) is 3.98. The molecule has 0 aromatic heterocycles. The second kappa shape index (κ2) is 26.2. The number of aliphatic hydroxyl groups excluding tert-OH is 1. The van der Waals surface area contributed by atoms with Crippen LogP contribution in [0.15, 0.2) is 24.3 Å². The van der Waals surface area contributed by atoms with E-state index in [1.807, 2.05) is 6.79 Å². The molecule has 3 heteroatoms. The molecule has 0 bridgehead atoms. The summed E-state index contributed by atoms with van der Waals surface area (Å²) < 4.78 is 0. The summed E-state index contributed by atoms with van der Waals surface area (Å²) in [6, 6.07) is 8.48. The van der Waals surface area contributed by atoms with E-state index >= 15 is 0 Å². The van der Waals surface area contributed by atoms with Crippen LogP contribution in [0.4, 0.5) is 0 Å². The molecular weight excluding hydrogens is 252 g/mol. The number of carbonyl (C=O) groups excluding carboxylic acids is 2. The highest BCUT2D eigenvalue weighted by molar-refractivity contribution is 5.44. The molecule has 1 aromatic rings. The van der Waals surface area contributed by atoms with Gasteiger partial charge in [0.1, 0.15) is 13.1 Å². The van der Waals surface area contributed by atoms with Gasteiger partial charge in [-0.3, -0.25) is 0 Å². The van der Waals surface area contributed by atoms with Gasteiger partial charge in [-0.05, 0) is 26.7 Å². The van der Waals surface area contributed by atoms with Crippen molar-refractivity contribution in [2.45, 2.75) is 48.0 Å². The van der Waals surface area contributed by atoms with E-state index in [1.165, 1.54) is 24.5 Å². The number of carbonyl (C=O) groups is 2. The third-order valence-corrected chi connectivity index (χ3v) is 2.03. The van der Waals surface area contributed by atoms with Crippen molar-refractivity contribution in [1.82, 2.24) is 0 Å². The Morgan fingerprint density at radius 1 is 1.05 bits per heavy atom. The van der Waals surface area contributed by atoms with E-state index in [4.69, 9.17) is 14.7 Å². The Bertz CT molecular complexity index is 245. The van der Waals surface area contributed by atoms with Crippen molar-refractivity contribution in [3.05, 3.63) is 35.4 Å². The lowest BCUT2D eigenvalue weighted by atomic mass is 10.2. The minimum atomic E-state index is 0.750. The summed E-state index contributed by atoms with van der Waals surface area (Å²) in [4.78, 5) is 16.8. The van der Waals surface area contributed by atoms with Crippen molar-refractivity contribution < 1.29 is 14.7 Å². The number of hydrogen-bond donors (Lipinski definition) is 1. The van der Waals surface area contributed by atoms with Crippen LogP contribution in [0.25, 0.3) is 0 Å². The summed E-state index contributed by atoms with van der Waals surface area (Å²) in [6.45, 7) is 14.3. The van der Waals surface area contributed by atoms with Crippen LogP contribution in [0.5, 0.6) is 0 Å². The largest absolute Gasteiger partial charge is 0.400 e. The maximum atomic E-state index is 8.81. The summed E-state index contributed by atoms with van der Waals surface area (Å²) in [5, 5.41) is 7.00. The third kappa shape index (κ3) is 36.0. The maximum absolute atomic E-state index is 8.81. The molecule has 0 spiro atoms. The zero-order valence-corrected chi connectivity index (χ0v) is 14.1. The summed E-state index contributed by atoms with van der Waals surface area (Å²) in [5.41, 5.74) is 2.66. The number of rotatable bonds is 1. The molecule has 0 atom stereocenters. The monoisotopic (exact) mass is 284 g/mol. The third-order valence-electron chi connectivity index (χ3n) is 2.03. The van der Waals surface area contributed by atoms with Gasteiger partial charge in [0.2, 0.25) is 0 Å². The smallest absolute Gasteiger partial charge is 0.116 e. The van der Waals surface area contributed by atoms with Crippen LogP contribution < -0.4 is 0 Å². The van der Waals surface area contributed by atoms with Gasteiger partial charge in [-0.1, -0.05) is 62.6 Å². The zero-order valence-electron chi connectivity index (χ0n) is 14.1. The fourth-order valence-corrected chi connectivity index (χ4v) is 0.637. The number of hydrogen-bond acceptors (Lipinski definition) is 3. The highest BCUT2D eigenvalue weighted by Crippen LogP contribution is 1.99. The van der Waals surface area contributed by atoms with E-state index in [2.05, 4.69) is 58.9 Å². The Morgan fingerprint density at radius 2 is 1.20 bits per heavy atom. The molecule has 0 saturated heterocycles. The Balaban J connectivity index is -0.0000000930. The molecule has 0 aliphatic rings. The average Bonchev–Trinajstić information content (AvgIpc) is 2.48. The van der Waals surface area contributed by atoms with Crippen LogP contribution in [0.3, 0.4) is 0 Å². The standard InChI is InChI=1S/C8H10.C5H12.C2H4O.CH4O.CH2O/c1-7-3-5-8(2)6-4-7;1-4-5(2)3;1-2-3;2*1-2/h3-6H,1-2H3;5H,4H2,1-3H3;2H,1H3;2H,1H3;1H2. The molecule has 0 saturated carbocycles. The Hall–Kier alpha value is -1.48. The van der Waals surface area contributed by atoms with Crippen molar-refractivity contribution in [2.24, 2.45) is 5.92 Å². The van der Waals surface area contributed by atoms with Gasteiger partial charge < -0.3 is 14.7 Å². The first-order valence-corrected chi connectivity index (χ1v) is 6.64. The Kier molecular flexibility index (Phi) is 35.3. The zero-order chi connectivity index (χ0) is 17.0. The summed E-state index contributed by atoms with van der Waals surface area (Å²) in [6.07, 6.45) is 2.06. The first-order valence-electron chi connectivity index (χ1n) is 6.64. The fourth-order valence-electron chi connectivity index (χ4n) is 0.637.